The molecule has 0 saturated heterocycles. The highest BCUT2D eigenvalue weighted by Crippen LogP contribution is 2.13. The van der Waals surface area contributed by atoms with Gasteiger partial charge >= 0.3 is 11.8 Å². The van der Waals surface area contributed by atoms with Crippen LogP contribution in [0.5, 0.6) is 0 Å². The second kappa shape index (κ2) is 7.87. The van der Waals surface area contributed by atoms with Crippen LogP contribution in [0.1, 0.15) is 6.92 Å². The number of hydrogen-bond donors (Lipinski definition) is 1. The first kappa shape index (κ1) is 17.1. The lowest BCUT2D eigenvalue weighted by Crippen LogP contribution is -2.34. The van der Waals surface area contributed by atoms with Crippen LogP contribution in [0, 0.1) is 0 Å². The number of nitrogens with zero attached hydrogens (tertiary/aromatic N) is 3. The number of hydrogen-bond acceptors (Lipinski definition) is 2. The molecule has 1 heterocycles. The first-order valence-electron chi connectivity index (χ1n) is 7.47. The van der Waals surface area contributed by atoms with E-state index in [4.69, 9.17) is 16.7 Å². The summed E-state index contributed by atoms with van der Waals surface area (Å²) in [6.45, 7) is 3.21. The van der Waals surface area contributed by atoms with E-state index in [1.165, 1.54) is 4.90 Å². The van der Waals surface area contributed by atoms with Crippen LogP contribution >= 0.6 is 11.6 Å². The number of halogens is 1. The van der Waals surface area contributed by atoms with Crippen LogP contribution in [0.4, 0.5) is 4.79 Å². The van der Waals surface area contributed by atoms with Gasteiger partial charge in [0.25, 0.3) is 0 Å². The summed E-state index contributed by atoms with van der Waals surface area (Å²) in [5, 5.41) is 9.09. The van der Waals surface area contributed by atoms with Gasteiger partial charge in [-0.1, -0.05) is 24.3 Å². The lowest BCUT2D eigenvalue weighted by Gasteiger charge is -2.16. The van der Waals surface area contributed by atoms with Crippen LogP contribution in [0.25, 0.3) is 11.0 Å². The zero-order chi connectivity index (χ0) is 16.8. The molecule has 0 radical (unpaired) electrons. The third-order valence-corrected chi connectivity index (χ3v) is 3.89. The number of para-hydroxylation sites is 2. The maximum atomic E-state index is 12.6. The topological polar surface area (TPSA) is 67.5 Å². The van der Waals surface area contributed by atoms with Gasteiger partial charge in [-0.05, 0) is 19.1 Å². The number of amides is 1. The van der Waals surface area contributed by atoms with Crippen LogP contribution < -0.4 is 5.69 Å². The van der Waals surface area contributed by atoms with E-state index in [0.29, 0.717) is 25.5 Å². The molecule has 6 nitrogen and oxygen atoms in total. The summed E-state index contributed by atoms with van der Waals surface area (Å²) in [7, 11) is 0. The minimum absolute atomic E-state index is 0.146. The average Bonchev–Trinajstić information content (AvgIpc) is 2.81. The Labute approximate surface area is 139 Å². The molecule has 1 aromatic heterocycles. The third-order valence-electron chi connectivity index (χ3n) is 3.71. The Kier molecular flexibility index (Phi) is 5.87. The molecule has 0 spiro atoms. The van der Waals surface area contributed by atoms with Crippen LogP contribution in [0.2, 0.25) is 0 Å². The SMILES string of the molecule is CCN(CCn1c(=O)n(C/C=C/CCl)c2ccccc21)C(=O)O. The number of fused-ring (bicyclic) bond motifs is 1. The van der Waals surface area contributed by atoms with Gasteiger partial charge < -0.3 is 10.0 Å². The molecule has 0 aliphatic rings. The van der Waals surface area contributed by atoms with E-state index in [0.717, 1.165) is 11.0 Å². The summed E-state index contributed by atoms with van der Waals surface area (Å²) >= 11 is 5.62. The molecule has 0 bridgehead atoms. The van der Waals surface area contributed by atoms with Gasteiger partial charge in [-0.3, -0.25) is 9.13 Å². The minimum atomic E-state index is -0.977. The Morgan fingerprint density at radius 2 is 1.91 bits per heavy atom. The number of aromatic nitrogens is 2. The number of alkyl halides is 1. The van der Waals surface area contributed by atoms with Crippen LogP contribution in [-0.2, 0) is 13.1 Å². The predicted octanol–water partition coefficient (Wildman–Crippen LogP) is 2.60. The fourth-order valence-electron chi connectivity index (χ4n) is 2.52. The van der Waals surface area contributed by atoms with Crippen molar-refractivity contribution in [1.82, 2.24) is 14.0 Å². The molecule has 0 aliphatic heterocycles. The summed E-state index contributed by atoms with van der Waals surface area (Å²) in [6.07, 6.45) is 2.67. The van der Waals surface area contributed by atoms with E-state index < -0.39 is 6.09 Å². The van der Waals surface area contributed by atoms with Crippen molar-refractivity contribution in [3.05, 3.63) is 46.9 Å². The van der Waals surface area contributed by atoms with Gasteiger partial charge in [-0.2, -0.15) is 0 Å². The molecular weight excluding hydrogens is 318 g/mol. The lowest BCUT2D eigenvalue weighted by molar-refractivity contribution is 0.146. The monoisotopic (exact) mass is 337 g/mol. The van der Waals surface area contributed by atoms with Gasteiger partial charge in [0.15, 0.2) is 0 Å². The highest BCUT2D eigenvalue weighted by atomic mass is 35.5. The second-order valence-electron chi connectivity index (χ2n) is 5.02. The van der Waals surface area contributed by atoms with Crippen LogP contribution in [0.15, 0.2) is 41.2 Å². The van der Waals surface area contributed by atoms with E-state index >= 15 is 0 Å². The summed E-state index contributed by atoms with van der Waals surface area (Å²) < 4.78 is 3.28. The van der Waals surface area contributed by atoms with Crippen molar-refractivity contribution in [2.75, 3.05) is 19.0 Å². The number of rotatable bonds is 7. The van der Waals surface area contributed by atoms with Gasteiger partial charge in [0.2, 0.25) is 0 Å². The van der Waals surface area contributed by atoms with Gasteiger partial charge in [-0.25, -0.2) is 9.59 Å². The molecule has 0 unspecified atom stereocenters. The number of benzene rings is 1. The maximum Gasteiger partial charge on any atom is 0.407 e. The van der Waals surface area contributed by atoms with E-state index in [1.54, 1.807) is 22.1 Å². The normalized spacial score (nSPS) is 11.4. The van der Waals surface area contributed by atoms with Gasteiger partial charge in [0.1, 0.15) is 0 Å². The molecule has 2 aromatic rings. The summed E-state index contributed by atoms with van der Waals surface area (Å²) in [4.78, 5) is 25.0. The van der Waals surface area contributed by atoms with Gasteiger partial charge in [0, 0.05) is 32.1 Å². The summed E-state index contributed by atoms with van der Waals surface area (Å²) in [6, 6.07) is 7.50. The predicted molar refractivity (Wildman–Crippen MR) is 91.3 cm³/mol. The quantitative estimate of drug-likeness (QED) is 0.623. The van der Waals surface area contributed by atoms with E-state index in [2.05, 4.69) is 0 Å². The fourth-order valence-corrected chi connectivity index (χ4v) is 2.64. The molecule has 1 N–H and O–H groups in total. The summed E-state index contributed by atoms with van der Waals surface area (Å²) in [5.74, 6) is 0.400. The van der Waals surface area contributed by atoms with Crippen LogP contribution in [0.3, 0.4) is 0 Å². The van der Waals surface area contributed by atoms with Crippen molar-refractivity contribution in [2.24, 2.45) is 0 Å². The van der Waals surface area contributed by atoms with Crippen molar-refractivity contribution in [3.63, 3.8) is 0 Å². The Bertz CT molecular complexity index is 764. The second-order valence-corrected chi connectivity index (χ2v) is 5.33. The smallest absolute Gasteiger partial charge is 0.407 e. The first-order chi connectivity index (χ1) is 11.1. The molecule has 124 valence electrons. The molecular formula is C16H20ClN3O3. The maximum absolute atomic E-state index is 12.6. The number of allylic oxidation sites excluding steroid dienone is 2. The molecule has 2 rings (SSSR count). The zero-order valence-electron chi connectivity index (χ0n) is 13.0. The Hall–Kier alpha value is -2.21. The van der Waals surface area contributed by atoms with Crippen molar-refractivity contribution in [3.8, 4) is 0 Å². The average molecular weight is 338 g/mol. The summed E-state index contributed by atoms with van der Waals surface area (Å²) in [5.41, 5.74) is 1.49. The fraction of sp³-hybridized carbons (Fsp3) is 0.375. The number of likely N-dealkylation sites (N-methyl/N-ethyl adjacent to an activating group) is 1. The highest BCUT2D eigenvalue weighted by molar-refractivity contribution is 6.18. The van der Waals surface area contributed by atoms with E-state index in [-0.39, 0.29) is 12.2 Å². The number of imidazole rings is 1. The Balaban J connectivity index is 2.36. The largest absolute Gasteiger partial charge is 0.465 e. The van der Waals surface area contributed by atoms with Crippen molar-refractivity contribution in [1.29, 1.82) is 0 Å². The lowest BCUT2D eigenvalue weighted by atomic mass is 10.3. The minimum Gasteiger partial charge on any atom is -0.465 e. The van der Waals surface area contributed by atoms with E-state index in [1.807, 2.05) is 30.3 Å². The highest BCUT2D eigenvalue weighted by Gasteiger charge is 2.14. The third kappa shape index (κ3) is 3.76. The van der Waals surface area contributed by atoms with Gasteiger partial charge in [0.05, 0.1) is 11.0 Å². The molecule has 0 fully saturated rings. The Morgan fingerprint density at radius 1 is 1.26 bits per heavy atom. The number of carboxylic acid groups (broad SMARTS) is 1. The molecule has 0 atom stereocenters. The molecule has 0 saturated carbocycles. The van der Waals surface area contributed by atoms with Crippen LogP contribution in [-0.4, -0.2) is 44.2 Å². The Morgan fingerprint density at radius 3 is 2.48 bits per heavy atom. The molecule has 23 heavy (non-hydrogen) atoms. The zero-order valence-corrected chi connectivity index (χ0v) is 13.7. The molecule has 7 heteroatoms. The van der Waals surface area contributed by atoms with Gasteiger partial charge in [-0.15, -0.1) is 11.6 Å². The van der Waals surface area contributed by atoms with Crippen molar-refractivity contribution in [2.45, 2.75) is 20.0 Å². The first-order valence-corrected chi connectivity index (χ1v) is 8.00. The molecule has 1 amide bonds. The van der Waals surface area contributed by atoms with Crippen molar-refractivity contribution < 1.29 is 9.90 Å². The van der Waals surface area contributed by atoms with Crippen molar-refractivity contribution >= 4 is 28.7 Å². The van der Waals surface area contributed by atoms with E-state index in [9.17, 15) is 9.59 Å². The standard InChI is InChI=1S/C16H20ClN3O3/c1-2-18(16(22)23)11-12-20-14-8-4-3-7-13(14)19(15(20)21)10-6-5-9-17/h3-8H,2,9-12H2,1H3,(H,22,23)/b6-5+. The number of carbonyl (C=O) groups is 1. The molecule has 1 aromatic carbocycles. The molecule has 0 aliphatic carbocycles.